The van der Waals surface area contributed by atoms with E-state index in [-0.39, 0.29) is 10.7 Å². The van der Waals surface area contributed by atoms with Gasteiger partial charge in [-0.2, -0.15) is 0 Å². The molecule has 6 heteroatoms. The van der Waals surface area contributed by atoms with Gasteiger partial charge in [0.25, 0.3) is 0 Å². The highest BCUT2D eigenvalue weighted by molar-refractivity contribution is 7.21. The summed E-state index contributed by atoms with van der Waals surface area (Å²) in [6.07, 6.45) is 0. The number of aromatic carboxylic acids is 1. The first-order valence-electron chi connectivity index (χ1n) is 5.13. The number of fused-ring (bicyclic) bond motifs is 1. The Morgan fingerprint density at radius 1 is 1.33 bits per heavy atom. The lowest BCUT2D eigenvalue weighted by Gasteiger charge is -1.92. The van der Waals surface area contributed by atoms with Crippen LogP contribution in [0.4, 0.5) is 5.00 Å². The molecule has 0 unspecified atom stereocenters. The summed E-state index contributed by atoms with van der Waals surface area (Å²) in [6.45, 7) is 0. The van der Waals surface area contributed by atoms with E-state index in [1.165, 1.54) is 11.3 Å². The van der Waals surface area contributed by atoms with Crippen LogP contribution in [0.2, 0.25) is 0 Å². The number of aromatic nitrogens is 1. The molecule has 0 aliphatic heterocycles. The van der Waals surface area contributed by atoms with Crippen LogP contribution < -0.4 is 5.73 Å². The molecule has 18 heavy (non-hydrogen) atoms. The van der Waals surface area contributed by atoms with Crippen LogP contribution in [0.25, 0.3) is 20.7 Å². The van der Waals surface area contributed by atoms with Gasteiger partial charge >= 0.3 is 5.97 Å². The maximum atomic E-state index is 10.9. The molecular weight excluding hydrogens is 268 g/mol. The lowest BCUT2D eigenvalue weighted by atomic mass is 10.2. The van der Waals surface area contributed by atoms with Crippen molar-refractivity contribution < 1.29 is 9.90 Å². The average Bonchev–Trinajstić information content (AvgIpc) is 2.92. The number of carbonyl (C=O) groups is 1. The Kier molecular flexibility index (Phi) is 2.53. The number of nitrogen functional groups attached to an aromatic ring is 1. The van der Waals surface area contributed by atoms with E-state index in [1.807, 2.05) is 29.6 Å². The Hall–Kier alpha value is -1.92. The summed E-state index contributed by atoms with van der Waals surface area (Å²) < 4.78 is 1.15. The van der Waals surface area contributed by atoms with Gasteiger partial charge in [0.15, 0.2) is 5.69 Å². The molecular formula is C12H8N2O2S2. The molecule has 3 aromatic rings. The zero-order valence-corrected chi connectivity index (χ0v) is 10.7. The Balaban J connectivity index is 2.20. The molecule has 0 saturated carbocycles. The number of thiophene rings is 1. The van der Waals surface area contributed by atoms with Crippen LogP contribution in [-0.4, -0.2) is 16.1 Å². The third-order valence-corrected chi connectivity index (χ3v) is 4.45. The second-order valence-corrected chi connectivity index (χ2v) is 5.62. The van der Waals surface area contributed by atoms with E-state index >= 15 is 0 Å². The standard InChI is InChI=1S/C12H8N2O2S2/c13-10-9(12(15)16)14-11(18-10)7-5-17-8-4-2-1-3-6(7)8/h1-5H,13H2,(H,15,16). The fourth-order valence-electron chi connectivity index (χ4n) is 1.74. The Bertz CT molecular complexity index is 745. The number of anilines is 1. The molecule has 3 rings (SSSR count). The first-order chi connectivity index (χ1) is 8.66. The molecule has 0 bridgehead atoms. The quantitative estimate of drug-likeness (QED) is 0.753. The molecule has 0 atom stereocenters. The molecule has 0 fully saturated rings. The minimum Gasteiger partial charge on any atom is -0.476 e. The summed E-state index contributed by atoms with van der Waals surface area (Å²) in [5, 5.41) is 12.9. The van der Waals surface area contributed by atoms with Gasteiger partial charge in [-0.3, -0.25) is 0 Å². The summed E-state index contributed by atoms with van der Waals surface area (Å²) in [4.78, 5) is 15.0. The second-order valence-electron chi connectivity index (χ2n) is 3.68. The van der Waals surface area contributed by atoms with E-state index in [0.717, 1.165) is 15.6 Å². The lowest BCUT2D eigenvalue weighted by molar-refractivity contribution is 0.0692. The van der Waals surface area contributed by atoms with Gasteiger partial charge in [-0.1, -0.05) is 29.5 Å². The smallest absolute Gasteiger partial charge is 0.357 e. The monoisotopic (exact) mass is 276 g/mol. The number of carboxylic acid groups (broad SMARTS) is 1. The number of rotatable bonds is 2. The van der Waals surface area contributed by atoms with Crippen molar-refractivity contribution in [3.8, 4) is 10.6 Å². The molecule has 0 amide bonds. The van der Waals surface area contributed by atoms with Crippen molar-refractivity contribution in [1.82, 2.24) is 4.98 Å². The Labute approximate surface area is 110 Å². The number of carboxylic acids is 1. The van der Waals surface area contributed by atoms with Crippen LogP contribution in [0.15, 0.2) is 29.6 Å². The van der Waals surface area contributed by atoms with Crippen molar-refractivity contribution in [3.05, 3.63) is 35.3 Å². The zero-order valence-electron chi connectivity index (χ0n) is 9.08. The van der Waals surface area contributed by atoms with Crippen LogP contribution in [0.1, 0.15) is 10.5 Å². The van der Waals surface area contributed by atoms with Gasteiger partial charge in [0.05, 0.1) is 0 Å². The number of hydrogen-bond donors (Lipinski definition) is 2. The van der Waals surface area contributed by atoms with Crippen molar-refractivity contribution in [2.75, 3.05) is 5.73 Å². The van der Waals surface area contributed by atoms with Crippen LogP contribution in [0.5, 0.6) is 0 Å². The van der Waals surface area contributed by atoms with Crippen molar-refractivity contribution in [1.29, 1.82) is 0 Å². The maximum Gasteiger partial charge on any atom is 0.357 e. The third kappa shape index (κ3) is 1.66. The first-order valence-corrected chi connectivity index (χ1v) is 6.82. The van der Waals surface area contributed by atoms with Gasteiger partial charge in [0.2, 0.25) is 0 Å². The second kappa shape index (κ2) is 4.08. The molecule has 1 aromatic carbocycles. The summed E-state index contributed by atoms with van der Waals surface area (Å²) in [7, 11) is 0. The van der Waals surface area contributed by atoms with Gasteiger partial charge in [-0.05, 0) is 6.07 Å². The zero-order chi connectivity index (χ0) is 12.7. The van der Waals surface area contributed by atoms with Crippen molar-refractivity contribution in [2.45, 2.75) is 0 Å². The van der Waals surface area contributed by atoms with Gasteiger partial charge < -0.3 is 10.8 Å². The van der Waals surface area contributed by atoms with Crippen LogP contribution in [0.3, 0.4) is 0 Å². The van der Waals surface area contributed by atoms with Gasteiger partial charge in [-0.25, -0.2) is 9.78 Å². The van der Waals surface area contributed by atoms with E-state index in [0.29, 0.717) is 5.01 Å². The largest absolute Gasteiger partial charge is 0.476 e. The number of hydrogen-bond acceptors (Lipinski definition) is 5. The van der Waals surface area contributed by atoms with Gasteiger partial charge in [0, 0.05) is 21.0 Å². The Morgan fingerprint density at radius 2 is 2.11 bits per heavy atom. The normalized spacial score (nSPS) is 10.9. The molecule has 0 spiro atoms. The highest BCUT2D eigenvalue weighted by Crippen LogP contribution is 2.37. The molecule has 0 aliphatic rings. The highest BCUT2D eigenvalue weighted by Gasteiger charge is 2.17. The SMILES string of the molecule is Nc1sc(-c2csc3ccccc23)nc1C(=O)O. The minimum atomic E-state index is -1.09. The molecule has 3 N–H and O–H groups in total. The van der Waals surface area contributed by atoms with E-state index in [2.05, 4.69) is 4.98 Å². The number of thiazole rings is 1. The minimum absolute atomic E-state index is 0.0646. The molecule has 0 radical (unpaired) electrons. The van der Waals surface area contributed by atoms with Crippen LogP contribution >= 0.6 is 22.7 Å². The number of benzene rings is 1. The average molecular weight is 276 g/mol. The fraction of sp³-hybridized carbons (Fsp3) is 0. The molecule has 2 aromatic heterocycles. The van der Waals surface area contributed by atoms with Crippen LogP contribution in [0, 0.1) is 0 Å². The molecule has 0 aliphatic carbocycles. The fourth-order valence-corrected chi connectivity index (χ4v) is 3.62. The summed E-state index contributed by atoms with van der Waals surface area (Å²) >= 11 is 2.82. The van der Waals surface area contributed by atoms with E-state index in [4.69, 9.17) is 10.8 Å². The van der Waals surface area contributed by atoms with Crippen LogP contribution in [-0.2, 0) is 0 Å². The topological polar surface area (TPSA) is 76.2 Å². The maximum absolute atomic E-state index is 10.9. The number of nitrogens with two attached hydrogens (primary N) is 1. The van der Waals surface area contributed by atoms with E-state index < -0.39 is 5.97 Å². The predicted molar refractivity (Wildman–Crippen MR) is 74.3 cm³/mol. The Morgan fingerprint density at radius 3 is 2.83 bits per heavy atom. The predicted octanol–water partition coefficient (Wildman–Crippen LogP) is 3.31. The van der Waals surface area contributed by atoms with Crippen molar-refractivity contribution in [2.24, 2.45) is 0 Å². The highest BCUT2D eigenvalue weighted by atomic mass is 32.1. The molecule has 2 heterocycles. The van der Waals surface area contributed by atoms with Crippen molar-refractivity contribution >= 4 is 43.7 Å². The summed E-state index contributed by atoms with van der Waals surface area (Å²) in [6, 6.07) is 7.95. The first kappa shape index (κ1) is 11.2. The van der Waals surface area contributed by atoms with Gasteiger partial charge in [0.1, 0.15) is 10.0 Å². The molecule has 90 valence electrons. The lowest BCUT2D eigenvalue weighted by Crippen LogP contribution is -2.00. The number of nitrogens with zero attached hydrogens (tertiary/aromatic N) is 1. The molecule has 4 nitrogen and oxygen atoms in total. The van der Waals surface area contributed by atoms with Crippen molar-refractivity contribution in [3.63, 3.8) is 0 Å². The van der Waals surface area contributed by atoms with E-state index in [1.54, 1.807) is 11.3 Å². The molecule has 0 saturated heterocycles. The third-order valence-electron chi connectivity index (χ3n) is 2.57. The summed E-state index contributed by atoms with van der Waals surface area (Å²) in [5.74, 6) is -1.09. The van der Waals surface area contributed by atoms with E-state index in [9.17, 15) is 4.79 Å². The van der Waals surface area contributed by atoms with Gasteiger partial charge in [-0.15, -0.1) is 11.3 Å². The summed E-state index contributed by atoms with van der Waals surface area (Å²) in [5.41, 5.74) is 6.55.